The number of nitriles is 1. The molecule has 1 aromatic heterocycles. The fourth-order valence-electron chi connectivity index (χ4n) is 2.16. The summed E-state index contributed by atoms with van der Waals surface area (Å²) < 4.78 is 0. The Hall–Kier alpha value is -2.38. The molecule has 1 aromatic carbocycles. The van der Waals surface area contributed by atoms with E-state index in [1.54, 1.807) is 0 Å². The largest absolute Gasteiger partial charge is 0.320 e. The van der Waals surface area contributed by atoms with Crippen LogP contribution in [0.3, 0.4) is 0 Å². The number of nitrogens with one attached hydrogen (secondary N) is 1. The Morgan fingerprint density at radius 2 is 2.05 bits per heavy atom. The average Bonchev–Trinajstić information content (AvgIpc) is 2.48. The second kappa shape index (κ2) is 6.59. The highest BCUT2D eigenvalue weighted by Crippen LogP contribution is 2.27. The lowest BCUT2D eigenvalue weighted by Crippen LogP contribution is -2.16. The second-order valence-corrected chi connectivity index (χ2v) is 5.65. The summed E-state index contributed by atoms with van der Waals surface area (Å²) in [6, 6.07) is 10.8. The topological polar surface area (TPSA) is 65.8 Å². The van der Waals surface area contributed by atoms with E-state index in [0.717, 1.165) is 16.8 Å². The Morgan fingerprint density at radius 3 is 2.64 bits per heavy atom. The van der Waals surface area contributed by atoms with Crippen LogP contribution in [0.15, 0.2) is 30.3 Å². The average molecular weight is 314 g/mol. The van der Waals surface area contributed by atoms with Gasteiger partial charge in [0, 0.05) is 5.69 Å². The first-order valence-electron chi connectivity index (χ1n) is 6.91. The zero-order valence-corrected chi connectivity index (χ0v) is 13.4. The molecule has 0 saturated heterocycles. The summed E-state index contributed by atoms with van der Waals surface area (Å²) in [6.07, 6.45) is 0. The van der Waals surface area contributed by atoms with Gasteiger partial charge in [-0.2, -0.15) is 5.26 Å². The number of rotatable bonds is 3. The summed E-state index contributed by atoms with van der Waals surface area (Å²) in [5, 5.41) is 11.8. The van der Waals surface area contributed by atoms with Gasteiger partial charge in [-0.3, -0.25) is 4.79 Å². The quantitative estimate of drug-likeness (QED) is 0.859. The molecule has 5 heteroatoms. The van der Waals surface area contributed by atoms with E-state index < -0.39 is 0 Å². The summed E-state index contributed by atoms with van der Waals surface area (Å²) in [6.45, 7) is 6.09. The van der Waals surface area contributed by atoms with Gasteiger partial charge >= 0.3 is 0 Å². The zero-order valence-electron chi connectivity index (χ0n) is 12.6. The number of aromatic nitrogens is 1. The minimum Gasteiger partial charge on any atom is -0.320 e. The van der Waals surface area contributed by atoms with Crippen LogP contribution in [0.5, 0.6) is 0 Å². The third-order valence-electron chi connectivity index (χ3n) is 3.37. The van der Waals surface area contributed by atoms with Gasteiger partial charge in [0.25, 0.3) is 5.91 Å². The highest BCUT2D eigenvalue weighted by molar-refractivity contribution is 6.30. The fraction of sp³-hybridized carbons (Fsp3) is 0.235. The number of pyridine rings is 1. The van der Waals surface area contributed by atoms with Gasteiger partial charge in [-0.15, -0.1) is 0 Å². The Balaban J connectivity index is 2.34. The molecule has 0 bridgehead atoms. The first-order chi connectivity index (χ1) is 10.4. The van der Waals surface area contributed by atoms with E-state index >= 15 is 0 Å². The molecule has 0 fully saturated rings. The van der Waals surface area contributed by atoms with Gasteiger partial charge < -0.3 is 5.32 Å². The maximum atomic E-state index is 12.4. The predicted octanol–water partition coefficient (Wildman–Crippen LogP) is 4.29. The standard InChI is InChI=1S/C17H16ClN3O/c1-10(2)13-6-4-5-11(3)15(13)21-17(22)14-8-7-12(9-19)16(18)20-14/h4-8,10H,1-3H3,(H,21,22). The number of carbonyl (C=O) groups is 1. The molecule has 0 unspecified atom stereocenters. The molecule has 1 heterocycles. The third kappa shape index (κ3) is 3.26. The van der Waals surface area contributed by atoms with Gasteiger partial charge in [-0.05, 0) is 36.1 Å². The van der Waals surface area contributed by atoms with Crippen LogP contribution in [0, 0.1) is 18.3 Å². The maximum Gasteiger partial charge on any atom is 0.274 e. The van der Waals surface area contributed by atoms with Gasteiger partial charge in [-0.1, -0.05) is 43.6 Å². The number of hydrogen-bond donors (Lipinski definition) is 1. The summed E-state index contributed by atoms with van der Waals surface area (Å²) in [4.78, 5) is 16.4. The van der Waals surface area contributed by atoms with E-state index in [2.05, 4.69) is 24.1 Å². The van der Waals surface area contributed by atoms with Crippen molar-refractivity contribution in [3.63, 3.8) is 0 Å². The smallest absolute Gasteiger partial charge is 0.274 e. The SMILES string of the molecule is Cc1cccc(C(C)C)c1NC(=O)c1ccc(C#N)c(Cl)n1. The lowest BCUT2D eigenvalue weighted by Gasteiger charge is -2.16. The Morgan fingerprint density at radius 1 is 1.32 bits per heavy atom. The molecule has 1 N–H and O–H groups in total. The van der Waals surface area contributed by atoms with E-state index in [-0.39, 0.29) is 28.2 Å². The van der Waals surface area contributed by atoms with E-state index in [0.29, 0.717) is 0 Å². The summed E-state index contributed by atoms with van der Waals surface area (Å²) in [5.41, 5.74) is 3.27. The fourth-order valence-corrected chi connectivity index (χ4v) is 2.36. The molecular weight excluding hydrogens is 298 g/mol. The van der Waals surface area contributed by atoms with Crippen molar-refractivity contribution in [2.75, 3.05) is 5.32 Å². The van der Waals surface area contributed by atoms with Crippen molar-refractivity contribution in [2.45, 2.75) is 26.7 Å². The van der Waals surface area contributed by atoms with E-state index in [9.17, 15) is 4.79 Å². The molecule has 0 atom stereocenters. The Kier molecular flexibility index (Phi) is 4.79. The zero-order chi connectivity index (χ0) is 16.3. The lowest BCUT2D eigenvalue weighted by atomic mass is 9.98. The monoisotopic (exact) mass is 313 g/mol. The molecule has 2 rings (SSSR count). The summed E-state index contributed by atoms with van der Waals surface area (Å²) >= 11 is 5.88. The first kappa shape index (κ1) is 16.0. The van der Waals surface area contributed by atoms with Crippen molar-refractivity contribution in [1.29, 1.82) is 5.26 Å². The van der Waals surface area contributed by atoms with Crippen LogP contribution in [-0.4, -0.2) is 10.9 Å². The molecule has 0 radical (unpaired) electrons. The number of aryl methyl sites for hydroxylation is 1. The van der Waals surface area contributed by atoms with Crippen molar-refractivity contribution in [2.24, 2.45) is 0 Å². The Labute approximate surface area is 134 Å². The van der Waals surface area contributed by atoms with Crippen molar-refractivity contribution in [1.82, 2.24) is 4.98 Å². The molecule has 1 amide bonds. The summed E-state index contributed by atoms with van der Waals surface area (Å²) in [7, 11) is 0. The molecule has 0 aliphatic heterocycles. The number of amides is 1. The molecule has 0 aliphatic rings. The van der Waals surface area contributed by atoms with Crippen LogP contribution >= 0.6 is 11.6 Å². The number of nitrogens with zero attached hydrogens (tertiary/aromatic N) is 2. The van der Waals surface area contributed by atoms with Gasteiger partial charge in [0.15, 0.2) is 0 Å². The highest BCUT2D eigenvalue weighted by atomic mass is 35.5. The number of para-hydroxylation sites is 1. The molecule has 0 spiro atoms. The van der Waals surface area contributed by atoms with Crippen LogP contribution in [0.2, 0.25) is 5.15 Å². The van der Waals surface area contributed by atoms with Crippen molar-refractivity contribution >= 4 is 23.2 Å². The molecular formula is C17H16ClN3O. The second-order valence-electron chi connectivity index (χ2n) is 5.29. The van der Waals surface area contributed by atoms with Gasteiger partial charge in [0.1, 0.15) is 16.9 Å². The van der Waals surface area contributed by atoms with Crippen molar-refractivity contribution in [3.8, 4) is 6.07 Å². The van der Waals surface area contributed by atoms with Crippen LogP contribution in [0.1, 0.15) is 46.9 Å². The van der Waals surface area contributed by atoms with Crippen LogP contribution in [0.25, 0.3) is 0 Å². The third-order valence-corrected chi connectivity index (χ3v) is 3.66. The van der Waals surface area contributed by atoms with Gasteiger partial charge in [0.05, 0.1) is 5.56 Å². The lowest BCUT2D eigenvalue weighted by molar-refractivity contribution is 0.102. The number of benzene rings is 1. The van der Waals surface area contributed by atoms with E-state index in [4.69, 9.17) is 16.9 Å². The van der Waals surface area contributed by atoms with Crippen molar-refractivity contribution < 1.29 is 4.79 Å². The number of carbonyl (C=O) groups excluding carboxylic acids is 1. The molecule has 0 aliphatic carbocycles. The van der Waals surface area contributed by atoms with Gasteiger partial charge in [0.2, 0.25) is 0 Å². The van der Waals surface area contributed by atoms with Gasteiger partial charge in [-0.25, -0.2) is 4.98 Å². The molecule has 22 heavy (non-hydrogen) atoms. The summed E-state index contributed by atoms with van der Waals surface area (Å²) in [5.74, 6) is -0.0599. The number of hydrogen-bond acceptors (Lipinski definition) is 3. The van der Waals surface area contributed by atoms with Crippen LogP contribution in [0.4, 0.5) is 5.69 Å². The Bertz CT molecular complexity index is 763. The van der Waals surface area contributed by atoms with Crippen LogP contribution in [-0.2, 0) is 0 Å². The van der Waals surface area contributed by atoms with E-state index in [1.165, 1.54) is 12.1 Å². The number of anilines is 1. The predicted molar refractivity (Wildman–Crippen MR) is 87.2 cm³/mol. The van der Waals surface area contributed by atoms with Crippen molar-refractivity contribution in [3.05, 3.63) is 57.9 Å². The molecule has 112 valence electrons. The normalized spacial score (nSPS) is 10.4. The van der Waals surface area contributed by atoms with E-state index in [1.807, 2.05) is 31.2 Å². The highest BCUT2D eigenvalue weighted by Gasteiger charge is 2.15. The number of halogens is 1. The molecule has 4 nitrogen and oxygen atoms in total. The van der Waals surface area contributed by atoms with Crippen LogP contribution < -0.4 is 5.32 Å². The minimum atomic E-state index is -0.345. The maximum absolute atomic E-state index is 12.4. The first-order valence-corrected chi connectivity index (χ1v) is 7.29. The molecule has 2 aromatic rings. The minimum absolute atomic E-state index is 0.0315. The molecule has 0 saturated carbocycles.